The van der Waals surface area contributed by atoms with Gasteiger partial charge in [-0.2, -0.15) is 0 Å². The summed E-state index contributed by atoms with van der Waals surface area (Å²) in [6.45, 7) is 1.59. The predicted molar refractivity (Wildman–Crippen MR) is 116 cm³/mol. The van der Waals surface area contributed by atoms with Crippen LogP contribution in [-0.4, -0.2) is 25.5 Å². The van der Waals surface area contributed by atoms with Gasteiger partial charge in [-0.3, -0.25) is 9.98 Å². The summed E-state index contributed by atoms with van der Waals surface area (Å²) >= 11 is 23.9. The molecule has 0 unspecified atom stereocenters. The molecular weight excluding hydrogens is 410 g/mol. The maximum Gasteiger partial charge on any atom is 0.0508 e. The average molecular weight is 430 g/mol. The van der Waals surface area contributed by atoms with Crippen LogP contribution in [0.1, 0.15) is 36.8 Å². The Labute approximate surface area is 174 Å². The van der Waals surface area contributed by atoms with Gasteiger partial charge in [0.15, 0.2) is 0 Å². The molecule has 0 aliphatic heterocycles. The summed E-state index contributed by atoms with van der Waals surface area (Å²) in [6, 6.07) is 10.8. The molecule has 0 radical (unpaired) electrons. The van der Waals surface area contributed by atoms with Crippen LogP contribution in [0, 0.1) is 0 Å². The number of aliphatic imine (C=N–C) groups is 2. The molecule has 0 aliphatic rings. The maximum absolute atomic E-state index is 6.10. The summed E-state index contributed by atoms with van der Waals surface area (Å²) in [5, 5.41) is 2.51. The highest BCUT2D eigenvalue weighted by Crippen LogP contribution is 2.20. The summed E-state index contributed by atoms with van der Waals surface area (Å²) in [6.07, 6.45) is 7.96. The second-order valence-electron chi connectivity index (χ2n) is 5.82. The third-order valence-electron chi connectivity index (χ3n) is 3.71. The van der Waals surface area contributed by atoms with Crippen LogP contribution in [0.3, 0.4) is 0 Å². The van der Waals surface area contributed by atoms with E-state index in [4.69, 9.17) is 46.4 Å². The quantitative estimate of drug-likeness (QED) is 0.293. The summed E-state index contributed by atoms with van der Waals surface area (Å²) in [5.41, 5.74) is 1.79. The zero-order valence-corrected chi connectivity index (χ0v) is 17.3. The summed E-state index contributed by atoms with van der Waals surface area (Å²) in [4.78, 5) is 8.83. The highest BCUT2D eigenvalue weighted by atomic mass is 35.5. The van der Waals surface area contributed by atoms with Crippen molar-refractivity contribution in [2.24, 2.45) is 9.98 Å². The Hall–Kier alpha value is -1.06. The molecule has 0 atom stereocenters. The molecule has 0 aromatic heterocycles. The van der Waals surface area contributed by atoms with E-state index in [2.05, 4.69) is 9.98 Å². The minimum Gasteiger partial charge on any atom is -0.293 e. The number of unbranched alkanes of at least 4 members (excludes halogenated alkanes) is 3. The topological polar surface area (TPSA) is 24.7 Å². The number of rotatable bonds is 9. The standard InChI is InChI=1S/C20H20Cl4N2/c21-17-7-5-15(19(23)11-17)13-25-9-3-1-2-4-10-26-14-16-6-8-18(22)12-20(16)24/h5-8,11-14H,1-4,9-10H2. The van der Waals surface area contributed by atoms with E-state index in [1.807, 2.05) is 24.3 Å². The lowest BCUT2D eigenvalue weighted by atomic mass is 10.2. The van der Waals surface area contributed by atoms with E-state index in [9.17, 15) is 0 Å². The fourth-order valence-electron chi connectivity index (χ4n) is 2.30. The molecule has 6 heteroatoms. The van der Waals surface area contributed by atoms with Crippen LogP contribution in [0.15, 0.2) is 46.4 Å². The highest BCUT2D eigenvalue weighted by Gasteiger charge is 1.98. The van der Waals surface area contributed by atoms with Crippen molar-refractivity contribution >= 4 is 58.8 Å². The van der Waals surface area contributed by atoms with Gasteiger partial charge in [0.2, 0.25) is 0 Å². The SMILES string of the molecule is Clc1ccc(C=NCCCCCCN=Cc2ccc(Cl)cc2Cl)c(Cl)c1. The number of hydrogen-bond acceptors (Lipinski definition) is 2. The van der Waals surface area contributed by atoms with E-state index < -0.39 is 0 Å². The Morgan fingerprint density at radius 1 is 0.615 bits per heavy atom. The van der Waals surface area contributed by atoms with Gasteiger partial charge in [0, 0.05) is 46.7 Å². The zero-order valence-electron chi connectivity index (χ0n) is 14.3. The van der Waals surface area contributed by atoms with E-state index in [0.717, 1.165) is 49.9 Å². The predicted octanol–water partition coefficient (Wildman–Crippen LogP) is 7.40. The first-order chi connectivity index (χ1) is 12.6. The summed E-state index contributed by atoms with van der Waals surface area (Å²) in [5.74, 6) is 0. The lowest BCUT2D eigenvalue weighted by Gasteiger charge is -2.00. The fraction of sp³-hybridized carbons (Fsp3) is 0.300. The van der Waals surface area contributed by atoms with Gasteiger partial charge in [-0.05, 0) is 37.1 Å². The second kappa shape index (κ2) is 11.6. The summed E-state index contributed by atoms with van der Waals surface area (Å²) < 4.78 is 0. The van der Waals surface area contributed by atoms with Crippen molar-refractivity contribution in [3.8, 4) is 0 Å². The van der Waals surface area contributed by atoms with E-state index >= 15 is 0 Å². The van der Waals surface area contributed by atoms with E-state index in [1.165, 1.54) is 0 Å². The molecule has 0 heterocycles. The third-order valence-corrected chi connectivity index (χ3v) is 4.84. The molecule has 26 heavy (non-hydrogen) atoms. The Morgan fingerprint density at radius 2 is 1.04 bits per heavy atom. The fourth-order valence-corrected chi connectivity index (χ4v) is 3.21. The largest absolute Gasteiger partial charge is 0.293 e. The lowest BCUT2D eigenvalue weighted by Crippen LogP contribution is -1.89. The first-order valence-corrected chi connectivity index (χ1v) is 9.97. The maximum atomic E-state index is 6.10. The molecule has 2 nitrogen and oxygen atoms in total. The minimum absolute atomic E-state index is 0.625. The van der Waals surface area contributed by atoms with Gasteiger partial charge in [0.1, 0.15) is 0 Å². The van der Waals surface area contributed by atoms with Crippen LogP contribution >= 0.6 is 46.4 Å². The molecule has 0 N–H and O–H groups in total. The van der Waals surface area contributed by atoms with E-state index in [0.29, 0.717) is 20.1 Å². The van der Waals surface area contributed by atoms with Crippen molar-refractivity contribution in [1.29, 1.82) is 0 Å². The molecule has 2 rings (SSSR count). The average Bonchev–Trinajstić information content (AvgIpc) is 2.59. The normalized spacial score (nSPS) is 11.7. The van der Waals surface area contributed by atoms with Crippen molar-refractivity contribution in [1.82, 2.24) is 0 Å². The zero-order chi connectivity index (χ0) is 18.8. The van der Waals surface area contributed by atoms with Crippen LogP contribution in [0.25, 0.3) is 0 Å². The van der Waals surface area contributed by atoms with E-state index in [1.54, 1.807) is 24.6 Å². The van der Waals surface area contributed by atoms with Gasteiger partial charge in [-0.15, -0.1) is 0 Å². The molecule has 0 spiro atoms. The molecule has 0 saturated carbocycles. The Bertz CT molecular complexity index is 707. The van der Waals surface area contributed by atoms with Gasteiger partial charge < -0.3 is 0 Å². The van der Waals surface area contributed by atoms with Crippen molar-refractivity contribution in [2.75, 3.05) is 13.1 Å². The Balaban J connectivity index is 1.58. The van der Waals surface area contributed by atoms with Crippen LogP contribution < -0.4 is 0 Å². The number of hydrogen-bond donors (Lipinski definition) is 0. The molecule has 0 bridgehead atoms. The van der Waals surface area contributed by atoms with E-state index in [-0.39, 0.29) is 0 Å². The lowest BCUT2D eigenvalue weighted by molar-refractivity contribution is 0.655. The smallest absolute Gasteiger partial charge is 0.0508 e. The first-order valence-electron chi connectivity index (χ1n) is 8.46. The van der Waals surface area contributed by atoms with Gasteiger partial charge in [-0.25, -0.2) is 0 Å². The van der Waals surface area contributed by atoms with Gasteiger partial charge in [0.25, 0.3) is 0 Å². The second-order valence-corrected chi connectivity index (χ2v) is 7.50. The van der Waals surface area contributed by atoms with Gasteiger partial charge in [0.05, 0.1) is 10.0 Å². The monoisotopic (exact) mass is 428 g/mol. The Kier molecular flexibility index (Phi) is 9.49. The number of benzene rings is 2. The Morgan fingerprint density at radius 3 is 1.42 bits per heavy atom. The molecule has 0 aliphatic carbocycles. The highest BCUT2D eigenvalue weighted by molar-refractivity contribution is 6.36. The van der Waals surface area contributed by atoms with Gasteiger partial charge in [-0.1, -0.05) is 71.4 Å². The molecule has 0 fully saturated rings. The molecule has 2 aromatic carbocycles. The number of halogens is 4. The molecular formula is C20H20Cl4N2. The van der Waals surface area contributed by atoms with Crippen LogP contribution in [0.2, 0.25) is 20.1 Å². The number of nitrogens with zero attached hydrogens (tertiary/aromatic N) is 2. The first kappa shape index (κ1) is 21.2. The molecule has 2 aromatic rings. The minimum atomic E-state index is 0.625. The third kappa shape index (κ3) is 7.67. The van der Waals surface area contributed by atoms with Crippen LogP contribution in [0.5, 0.6) is 0 Å². The van der Waals surface area contributed by atoms with Crippen molar-refractivity contribution < 1.29 is 0 Å². The van der Waals surface area contributed by atoms with Crippen molar-refractivity contribution in [3.05, 3.63) is 67.6 Å². The van der Waals surface area contributed by atoms with Crippen molar-refractivity contribution in [3.63, 3.8) is 0 Å². The molecule has 0 saturated heterocycles. The van der Waals surface area contributed by atoms with Crippen LogP contribution in [-0.2, 0) is 0 Å². The molecule has 0 amide bonds. The van der Waals surface area contributed by atoms with Crippen LogP contribution in [0.4, 0.5) is 0 Å². The molecule has 138 valence electrons. The van der Waals surface area contributed by atoms with Gasteiger partial charge >= 0.3 is 0 Å². The van der Waals surface area contributed by atoms with Crippen molar-refractivity contribution in [2.45, 2.75) is 25.7 Å². The summed E-state index contributed by atoms with van der Waals surface area (Å²) in [7, 11) is 0.